The number of hydrogen-bond acceptors (Lipinski definition) is 4. The van der Waals surface area contributed by atoms with Gasteiger partial charge in [-0.15, -0.1) is 0 Å². The van der Waals surface area contributed by atoms with E-state index in [0.717, 1.165) is 12.0 Å². The third-order valence-electron chi connectivity index (χ3n) is 5.08. The number of allylic oxidation sites excluding steroid dienone is 1. The summed E-state index contributed by atoms with van der Waals surface area (Å²) in [6.45, 7) is 3.97. The molecule has 1 amide bonds. The highest BCUT2D eigenvalue weighted by molar-refractivity contribution is 5.86. The molecule has 0 aliphatic carbocycles. The first kappa shape index (κ1) is 22.3. The summed E-state index contributed by atoms with van der Waals surface area (Å²) in [5.41, 5.74) is 2.00. The Hall–Kier alpha value is -2.95. The summed E-state index contributed by atoms with van der Waals surface area (Å²) in [5, 5.41) is 0. The lowest BCUT2D eigenvalue weighted by Crippen LogP contribution is -2.39. The molecule has 0 saturated carbocycles. The minimum absolute atomic E-state index is 0.0146. The molecule has 156 valence electrons. The summed E-state index contributed by atoms with van der Waals surface area (Å²) in [6, 6.07) is 13.9. The van der Waals surface area contributed by atoms with Crippen LogP contribution in [0.4, 0.5) is 0 Å². The molecule has 5 nitrogen and oxygen atoms in total. The van der Waals surface area contributed by atoms with Crippen LogP contribution in [0.2, 0.25) is 0 Å². The van der Waals surface area contributed by atoms with Crippen molar-refractivity contribution in [2.24, 2.45) is 0 Å². The molecule has 0 aliphatic rings. The van der Waals surface area contributed by atoms with Crippen LogP contribution in [-0.2, 0) is 11.2 Å². The molecule has 29 heavy (non-hydrogen) atoms. The molecule has 0 aliphatic heterocycles. The van der Waals surface area contributed by atoms with Gasteiger partial charge in [0, 0.05) is 13.1 Å². The lowest BCUT2D eigenvalue weighted by Gasteiger charge is -2.29. The number of ether oxygens (including phenoxy) is 3. The topological polar surface area (TPSA) is 48.0 Å². The lowest BCUT2D eigenvalue weighted by molar-refractivity contribution is -0.132. The zero-order valence-corrected chi connectivity index (χ0v) is 18.1. The summed E-state index contributed by atoms with van der Waals surface area (Å²) in [5.74, 6) is 1.14. The maximum absolute atomic E-state index is 13.4. The van der Waals surface area contributed by atoms with E-state index in [1.54, 1.807) is 26.2 Å². The number of hydrogen-bond donors (Lipinski definition) is 0. The second-order valence-electron chi connectivity index (χ2n) is 6.95. The van der Waals surface area contributed by atoms with Gasteiger partial charge in [-0.05, 0) is 43.5 Å². The zero-order chi connectivity index (χ0) is 21.4. The fourth-order valence-corrected chi connectivity index (χ4v) is 3.34. The molecule has 0 saturated heterocycles. The second kappa shape index (κ2) is 10.6. The number of nitrogens with zero attached hydrogens (tertiary/aromatic N) is 1. The zero-order valence-electron chi connectivity index (χ0n) is 18.1. The Bertz CT molecular complexity index is 807. The van der Waals surface area contributed by atoms with Gasteiger partial charge in [0.1, 0.15) is 0 Å². The van der Waals surface area contributed by atoms with Gasteiger partial charge in [-0.2, -0.15) is 0 Å². The van der Waals surface area contributed by atoms with Crippen LogP contribution in [0, 0.1) is 0 Å². The molecule has 0 heterocycles. The van der Waals surface area contributed by atoms with Crippen molar-refractivity contribution in [3.8, 4) is 17.2 Å². The van der Waals surface area contributed by atoms with E-state index in [1.165, 1.54) is 5.56 Å². The van der Waals surface area contributed by atoms with E-state index in [2.05, 4.69) is 19.1 Å². The minimum atomic E-state index is -0.447. The highest BCUT2D eigenvalue weighted by Gasteiger charge is 2.27. The summed E-state index contributed by atoms with van der Waals surface area (Å²) in [7, 11) is 6.56. The fourth-order valence-electron chi connectivity index (χ4n) is 3.34. The summed E-state index contributed by atoms with van der Waals surface area (Å²) in [4.78, 5) is 15.2. The van der Waals surface area contributed by atoms with Gasteiger partial charge < -0.3 is 19.1 Å². The number of methoxy groups -OCH3 is 3. The molecule has 0 fully saturated rings. The Balaban J connectivity index is 2.33. The molecule has 0 radical (unpaired) electrons. The van der Waals surface area contributed by atoms with Crippen LogP contribution >= 0.6 is 0 Å². The lowest BCUT2D eigenvalue weighted by atomic mass is 9.95. The number of carbonyl (C=O) groups is 1. The van der Waals surface area contributed by atoms with E-state index in [0.29, 0.717) is 17.2 Å². The van der Waals surface area contributed by atoms with Gasteiger partial charge in [-0.25, -0.2) is 0 Å². The van der Waals surface area contributed by atoms with Gasteiger partial charge in [-0.3, -0.25) is 4.79 Å². The summed E-state index contributed by atoms with van der Waals surface area (Å²) < 4.78 is 16.3. The highest BCUT2D eigenvalue weighted by Crippen LogP contribution is 2.40. The van der Waals surface area contributed by atoms with Crippen LogP contribution in [-0.4, -0.2) is 45.2 Å². The molecule has 0 aromatic heterocycles. The van der Waals surface area contributed by atoms with E-state index < -0.39 is 5.92 Å². The van der Waals surface area contributed by atoms with Gasteiger partial charge >= 0.3 is 0 Å². The predicted octanol–water partition coefficient (Wildman–Crippen LogP) is 4.46. The first-order chi connectivity index (χ1) is 14.0. The third-order valence-corrected chi connectivity index (χ3v) is 5.08. The van der Waals surface area contributed by atoms with Crippen molar-refractivity contribution in [3.05, 3.63) is 65.7 Å². The normalized spacial score (nSPS) is 13.0. The maximum Gasteiger partial charge on any atom is 0.233 e. The number of likely N-dealkylation sites (N-methyl/N-ethyl adjacent to an activating group) is 1. The Kier molecular flexibility index (Phi) is 8.13. The molecule has 2 aromatic carbocycles. The van der Waals surface area contributed by atoms with Crippen LogP contribution in [0.5, 0.6) is 17.2 Å². The third kappa shape index (κ3) is 5.31. The summed E-state index contributed by atoms with van der Waals surface area (Å²) >= 11 is 0. The number of carbonyl (C=O) groups excluding carboxylic acids is 1. The van der Waals surface area contributed by atoms with Gasteiger partial charge in [-0.1, -0.05) is 42.5 Å². The molecule has 0 bridgehead atoms. The maximum atomic E-state index is 13.4. The highest BCUT2D eigenvalue weighted by atomic mass is 16.5. The number of rotatable bonds is 9. The van der Waals surface area contributed by atoms with E-state index in [1.807, 2.05) is 56.5 Å². The van der Waals surface area contributed by atoms with Crippen molar-refractivity contribution in [2.45, 2.75) is 32.2 Å². The molecular formula is C24H31NO4. The van der Waals surface area contributed by atoms with Crippen LogP contribution in [0.3, 0.4) is 0 Å². The average molecular weight is 398 g/mol. The molecule has 2 unspecified atom stereocenters. The first-order valence-electron chi connectivity index (χ1n) is 9.70. The second-order valence-corrected chi connectivity index (χ2v) is 6.95. The van der Waals surface area contributed by atoms with Crippen molar-refractivity contribution in [1.82, 2.24) is 4.90 Å². The Morgan fingerprint density at radius 1 is 1.03 bits per heavy atom. The molecule has 2 rings (SSSR count). The molecule has 2 atom stereocenters. The largest absolute Gasteiger partial charge is 0.493 e. The van der Waals surface area contributed by atoms with E-state index in [4.69, 9.17) is 14.2 Å². The summed E-state index contributed by atoms with van der Waals surface area (Å²) in [6.07, 6.45) is 4.58. The van der Waals surface area contributed by atoms with Crippen molar-refractivity contribution < 1.29 is 19.0 Å². The van der Waals surface area contributed by atoms with Gasteiger partial charge in [0.2, 0.25) is 11.7 Å². The number of benzene rings is 2. The Labute approximate surface area is 173 Å². The van der Waals surface area contributed by atoms with Crippen LogP contribution < -0.4 is 14.2 Å². The average Bonchev–Trinajstić information content (AvgIpc) is 2.75. The molecule has 5 heteroatoms. The van der Waals surface area contributed by atoms with Crippen LogP contribution in [0.1, 0.15) is 30.9 Å². The van der Waals surface area contributed by atoms with Crippen molar-refractivity contribution >= 4 is 5.91 Å². The quantitative estimate of drug-likeness (QED) is 0.586. The SMILES string of the molecule is CC=CC(C(=O)N(C)C(C)Cc1ccccc1)c1cc(OC)c(OC)c(OC)c1. The van der Waals surface area contributed by atoms with Gasteiger partial charge in [0.15, 0.2) is 11.5 Å². The standard InChI is InChI=1S/C24H31NO4/c1-7-11-20(19-15-21(27-4)23(29-6)22(16-19)28-5)24(26)25(3)17(2)14-18-12-9-8-10-13-18/h7-13,15-17,20H,14H2,1-6H3. The minimum Gasteiger partial charge on any atom is -0.493 e. The van der Waals surface area contributed by atoms with Crippen LogP contribution in [0.25, 0.3) is 0 Å². The van der Waals surface area contributed by atoms with Crippen molar-refractivity contribution in [3.63, 3.8) is 0 Å². The molecule has 0 spiro atoms. The Morgan fingerprint density at radius 3 is 2.10 bits per heavy atom. The van der Waals surface area contributed by atoms with Gasteiger partial charge in [0.25, 0.3) is 0 Å². The molecular weight excluding hydrogens is 366 g/mol. The van der Waals surface area contributed by atoms with Gasteiger partial charge in [0.05, 0.1) is 27.2 Å². The van der Waals surface area contributed by atoms with E-state index in [-0.39, 0.29) is 11.9 Å². The van der Waals surface area contributed by atoms with Crippen molar-refractivity contribution in [1.29, 1.82) is 0 Å². The van der Waals surface area contributed by atoms with Crippen molar-refractivity contribution in [2.75, 3.05) is 28.4 Å². The fraction of sp³-hybridized carbons (Fsp3) is 0.375. The van der Waals surface area contributed by atoms with Crippen LogP contribution in [0.15, 0.2) is 54.6 Å². The monoisotopic (exact) mass is 397 g/mol. The Morgan fingerprint density at radius 2 is 1.62 bits per heavy atom. The van der Waals surface area contributed by atoms with E-state index in [9.17, 15) is 4.79 Å². The molecule has 2 aromatic rings. The molecule has 0 N–H and O–H groups in total. The number of amides is 1. The van der Waals surface area contributed by atoms with E-state index >= 15 is 0 Å². The smallest absolute Gasteiger partial charge is 0.233 e. The first-order valence-corrected chi connectivity index (χ1v) is 9.70. The predicted molar refractivity (Wildman–Crippen MR) is 116 cm³/mol.